The second-order valence-corrected chi connectivity index (χ2v) is 5.92. The van der Waals surface area contributed by atoms with Crippen molar-refractivity contribution in [3.05, 3.63) is 71.8 Å². The van der Waals surface area contributed by atoms with Gasteiger partial charge >= 0.3 is 0 Å². The number of benzene rings is 2. The minimum atomic E-state index is -1.25. The monoisotopic (exact) mass is 303 g/mol. The molecule has 2 N–H and O–H groups in total. The van der Waals surface area contributed by atoms with Gasteiger partial charge in [0.15, 0.2) is 0 Å². The molecule has 0 bridgehead atoms. The maximum Gasteiger partial charge on any atom is 0.131 e. The minimum absolute atomic E-state index is 0.355. The van der Waals surface area contributed by atoms with Crippen molar-refractivity contribution in [2.75, 3.05) is 6.54 Å². The van der Waals surface area contributed by atoms with Crippen LogP contribution in [0.4, 0.5) is 0 Å². The summed E-state index contributed by atoms with van der Waals surface area (Å²) in [4.78, 5) is 0. The van der Waals surface area contributed by atoms with Gasteiger partial charge in [0.05, 0.1) is 12.1 Å². The first-order valence-corrected chi connectivity index (χ1v) is 7.40. The number of β-amino-alcohol motifs (C(OH)–C–C–N with tert-alkyl or cyclic N) is 1. The molecule has 1 aliphatic heterocycles. The van der Waals surface area contributed by atoms with Gasteiger partial charge < -0.3 is 10.2 Å². The van der Waals surface area contributed by atoms with Gasteiger partial charge in [0.25, 0.3) is 0 Å². The first-order valence-electron chi connectivity index (χ1n) is 7.06. The van der Waals surface area contributed by atoms with Gasteiger partial charge in [-0.05, 0) is 29.3 Å². The number of hydrogen-bond acceptors (Lipinski definition) is 3. The van der Waals surface area contributed by atoms with Crippen molar-refractivity contribution in [1.29, 1.82) is 0 Å². The summed E-state index contributed by atoms with van der Waals surface area (Å²) in [6.45, 7) is 0.355. The lowest BCUT2D eigenvalue weighted by atomic mass is 9.79. The van der Waals surface area contributed by atoms with Crippen LogP contribution in [-0.4, -0.2) is 33.3 Å². The molecule has 0 aromatic heterocycles. The number of nitrogens with zero attached hydrogens (tertiary/aromatic N) is 1. The molecular formula is C17H18ClNO2. The zero-order valence-corrected chi connectivity index (χ0v) is 12.3. The largest absolute Gasteiger partial charge is 0.392 e. The lowest BCUT2D eigenvalue weighted by Crippen LogP contribution is -2.45. The Balaban J connectivity index is 2.12. The molecule has 1 heterocycles. The molecule has 0 radical (unpaired) electrons. The van der Waals surface area contributed by atoms with Gasteiger partial charge in [-0.15, -0.1) is 0 Å². The van der Waals surface area contributed by atoms with E-state index in [0.717, 1.165) is 11.1 Å². The highest BCUT2D eigenvalue weighted by atomic mass is 35.5. The van der Waals surface area contributed by atoms with Crippen molar-refractivity contribution in [1.82, 2.24) is 4.42 Å². The molecule has 0 aliphatic carbocycles. The Morgan fingerprint density at radius 1 is 0.952 bits per heavy atom. The second-order valence-electron chi connectivity index (χ2n) is 5.49. The Kier molecular flexibility index (Phi) is 4.00. The summed E-state index contributed by atoms with van der Waals surface area (Å²) in [6, 6.07) is 18.6. The first-order chi connectivity index (χ1) is 10.1. The second kappa shape index (κ2) is 5.78. The molecule has 21 heavy (non-hydrogen) atoms. The van der Waals surface area contributed by atoms with Gasteiger partial charge in [-0.3, -0.25) is 0 Å². The van der Waals surface area contributed by atoms with Crippen LogP contribution in [-0.2, 0) is 5.60 Å². The van der Waals surface area contributed by atoms with Gasteiger partial charge in [0.1, 0.15) is 5.60 Å². The smallest absolute Gasteiger partial charge is 0.131 e. The SMILES string of the molecule is O[C@@H]1C[C@@H](C(O)(c2ccccc2)c2ccccc2)N(Cl)C1. The molecule has 4 heteroatoms. The molecular weight excluding hydrogens is 286 g/mol. The summed E-state index contributed by atoms with van der Waals surface area (Å²) in [6.07, 6.45) is -0.0875. The van der Waals surface area contributed by atoms with Crippen LogP contribution >= 0.6 is 11.8 Å². The summed E-state index contributed by atoms with van der Waals surface area (Å²) < 4.78 is 1.52. The normalized spacial score (nSPS) is 23.4. The number of aliphatic hydroxyl groups excluding tert-OH is 1. The predicted octanol–water partition coefficient (Wildman–Crippen LogP) is 2.51. The van der Waals surface area contributed by atoms with E-state index in [0.29, 0.717) is 13.0 Å². The minimum Gasteiger partial charge on any atom is -0.392 e. The van der Waals surface area contributed by atoms with Crippen LogP contribution < -0.4 is 0 Å². The molecule has 1 aliphatic rings. The van der Waals surface area contributed by atoms with Crippen LogP contribution in [0.5, 0.6) is 0 Å². The predicted molar refractivity (Wildman–Crippen MR) is 82.9 cm³/mol. The zero-order chi connectivity index (χ0) is 14.9. The standard InChI is InChI=1S/C17H18ClNO2/c18-19-12-15(20)11-16(19)17(21,13-7-3-1-4-8-13)14-9-5-2-6-10-14/h1-10,15-16,20-21H,11-12H2/t15-,16+/m1/s1. The molecule has 0 amide bonds. The quantitative estimate of drug-likeness (QED) is 0.856. The fourth-order valence-corrected chi connectivity index (χ4v) is 3.46. The van der Waals surface area contributed by atoms with E-state index < -0.39 is 11.7 Å². The van der Waals surface area contributed by atoms with Crippen LogP contribution in [0, 0.1) is 0 Å². The lowest BCUT2D eigenvalue weighted by molar-refractivity contribution is 0.0192. The summed E-state index contributed by atoms with van der Waals surface area (Å²) in [5.41, 5.74) is 0.309. The zero-order valence-electron chi connectivity index (χ0n) is 11.6. The van der Waals surface area contributed by atoms with Crippen LogP contribution in [0.3, 0.4) is 0 Å². The fourth-order valence-electron chi connectivity index (χ4n) is 3.08. The van der Waals surface area contributed by atoms with Gasteiger partial charge in [0, 0.05) is 6.54 Å². The first kappa shape index (κ1) is 14.5. The van der Waals surface area contributed by atoms with Crippen LogP contribution in [0.15, 0.2) is 60.7 Å². The number of rotatable bonds is 3. The molecule has 2 aromatic rings. The molecule has 2 atom stereocenters. The summed E-state index contributed by atoms with van der Waals surface area (Å²) in [5, 5.41) is 21.4. The Morgan fingerprint density at radius 2 is 1.43 bits per heavy atom. The van der Waals surface area contributed by atoms with Crippen molar-refractivity contribution in [2.24, 2.45) is 0 Å². The van der Waals surface area contributed by atoms with Crippen LogP contribution in [0.2, 0.25) is 0 Å². The highest BCUT2D eigenvalue weighted by Crippen LogP contribution is 2.40. The van der Waals surface area contributed by atoms with E-state index >= 15 is 0 Å². The maximum atomic E-state index is 11.5. The molecule has 0 unspecified atom stereocenters. The fraction of sp³-hybridized carbons (Fsp3) is 0.294. The average Bonchev–Trinajstić information content (AvgIpc) is 2.87. The Morgan fingerprint density at radius 3 is 1.81 bits per heavy atom. The van der Waals surface area contributed by atoms with Crippen molar-refractivity contribution in [2.45, 2.75) is 24.2 Å². The molecule has 0 saturated carbocycles. The lowest BCUT2D eigenvalue weighted by Gasteiger charge is -2.37. The van der Waals surface area contributed by atoms with E-state index in [4.69, 9.17) is 11.8 Å². The van der Waals surface area contributed by atoms with Crippen molar-refractivity contribution >= 4 is 11.8 Å². The summed E-state index contributed by atoms with van der Waals surface area (Å²) in [7, 11) is 0. The molecule has 110 valence electrons. The summed E-state index contributed by atoms with van der Waals surface area (Å²) in [5.74, 6) is 0. The Hall–Kier alpha value is -1.39. The van der Waals surface area contributed by atoms with E-state index in [1.807, 2.05) is 60.7 Å². The van der Waals surface area contributed by atoms with E-state index in [1.54, 1.807) is 0 Å². The molecule has 1 fully saturated rings. The van der Waals surface area contributed by atoms with Gasteiger partial charge in [-0.25, -0.2) is 4.42 Å². The van der Waals surface area contributed by atoms with Crippen molar-refractivity contribution < 1.29 is 10.2 Å². The average molecular weight is 304 g/mol. The van der Waals surface area contributed by atoms with Crippen molar-refractivity contribution in [3.63, 3.8) is 0 Å². The third-order valence-corrected chi connectivity index (χ3v) is 4.50. The molecule has 2 aromatic carbocycles. The topological polar surface area (TPSA) is 43.7 Å². The van der Waals surface area contributed by atoms with E-state index in [-0.39, 0.29) is 6.04 Å². The highest BCUT2D eigenvalue weighted by Gasteiger charge is 2.47. The molecule has 0 spiro atoms. The molecule has 1 saturated heterocycles. The summed E-state index contributed by atoms with van der Waals surface area (Å²) >= 11 is 6.27. The van der Waals surface area contributed by atoms with Gasteiger partial charge in [-0.1, -0.05) is 60.7 Å². The third kappa shape index (κ3) is 2.58. The number of aliphatic hydroxyl groups is 2. The molecule has 3 rings (SSSR count). The van der Waals surface area contributed by atoms with E-state index in [2.05, 4.69) is 0 Å². The van der Waals surface area contributed by atoms with Crippen LogP contribution in [0.1, 0.15) is 17.5 Å². The number of halogens is 1. The maximum absolute atomic E-state index is 11.5. The third-order valence-electron chi connectivity index (χ3n) is 4.13. The number of hydrogen-bond donors (Lipinski definition) is 2. The Bertz CT molecular complexity index is 551. The van der Waals surface area contributed by atoms with Crippen molar-refractivity contribution in [3.8, 4) is 0 Å². The highest BCUT2D eigenvalue weighted by molar-refractivity contribution is 6.13. The Labute approximate surface area is 129 Å². The van der Waals surface area contributed by atoms with Crippen LogP contribution in [0.25, 0.3) is 0 Å². The molecule has 3 nitrogen and oxygen atoms in total. The van der Waals surface area contributed by atoms with E-state index in [9.17, 15) is 10.2 Å². The van der Waals surface area contributed by atoms with Gasteiger partial charge in [-0.2, -0.15) is 0 Å². The van der Waals surface area contributed by atoms with E-state index in [1.165, 1.54) is 4.42 Å². The van der Waals surface area contributed by atoms with Gasteiger partial charge in [0.2, 0.25) is 0 Å².